The molecule has 0 aliphatic carbocycles. The van der Waals surface area contributed by atoms with Crippen molar-refractivity contribution in [2.24, 2.45) is 0 Å². The van der Waals surface area contributed by atoms with E-state index in [-0.39, 0.29) is 34.5 Å². The lowest BCUT2D eigenvalue weighted by Gasteiger charge is -2.34. The maximum absolute atomic E-state index is 13.2. The van der Waals surface area contributed by atoms with Crippen LogP contribution in [-0.2, 0) is 10.0 Å². The number of hydrogen-bond acceptors (Lipinski definition) is 8. The number of ether oxygens (including phenoxy) is 1. The van der Waals surface area contributed by atoms with Gasteiger partial charge in [0.05, 0.1) is 28.0 Å². The van der Waals surface area contributed by atoms with Gasteiger partial charge < -0.3 is 15.0 Å². The first-order chi connectivity index (χ1) is 19.2. The molecule has 1 aliphatic rings. The van der Waals surface area contributed by atoms with E-state index in [0.717, 1.165) is 59.4 Å². The number of sulfonamides is 1. The maximum atomic E-state index is 13.2. The lowest BCUT2D eigenvalue weighted by molar-refractivity contribution is 0.0948. The second kappa shape index (κ2) is 13.0. The molecule has 2 N–H and O–H groups in total. The second-order valence-corrected chi connectivity index (χ2v) is 12.1. The molecule has 1 amide bonds. The monoisotopic (exact) mass is 619 g/mol. The van der Waals surface area contributed by atoms with Crippen LogP contribution < -0.4 is 19.7 Å². The Bertz CT molecular complexity index is 1620. The van der Waals surface area contributed by atoms with Crippen molar-refractivity contribution in [3.8, 4) is 5.75 Å². The Morgan fingerprint density at radius 3 is 2.46 bits per heavy atom. The molecule has 41 heavy (non-hydrogen) atoms. The fourth-order valence-electron chi connectivity index (χ4n) is 4.57. The van der Waals surface area contributed by atoms with Crippen molar-refractivity contribution in [3.05, 3.63) is 77.6 Å². The van der Waals surface area contributed by atoms with Crippen LogP contribution in [0.2, 0.25) is 0 Å². The number of fused-ring (bicyclic) bond motifs is 1. The Morgan fingerprint density at radius 1 is 1.05 bits per heavy atom. The van der Waals surface area contributed by atoms with Crippen LogP contribution in [0.3, 0.4) is 0 Å². The summed E-state index contributed by atoms with van der Waals surface area (Å²) in [7, 11) is -2.33. The molecule has 13 heteroatoms. The number of rotatable bonds is 9. The van der Waals surface area contributed by atoms with E-state index in [9.17, 15) is 17.6 Å². The minimum atomic E-state index is -3.99. The number of nitrogens with one attached hydrogen (secondary N) is 2. The molecule has 1 fully saturated rings. The van der Waals surface area contributed by atoms with E-state index < -0.39 is 15.8 Å². The summed E-state index contributed by atoms with van der Waals surface area (Å²) in [4.78, 5) is 22.2. The number of aromatic nitrogens is 1. The third-order valence-corrected chi connectivity index (χ3v) is 9.44. The van der Waals surface area contributed by atoms with Gasteiger partial charge in [0.2, 0.25) is 0 Å². The molecule has 0 spiro atoms. The predicted molar refractivity (Wildman–Crippen MR) is 163 cm³/mol. The predicted octanol–water partition coefficient (Wildman–Crippen LogP) is 4.53. The summed E-state index contributed by atoms with van der Waals surface area (Å²) in [5.41, 5.74) is 2.44. The highest BCUT2D eigenvalue weighted by Gasteiger charge is 2.22. The summed E-state index contributed by atoms with van der Waals surface area (Å²) in [5.74, 6) is -0.134. The van der Waals surface area contributed by atoms with Crippen molar-refractivity contribution in [1.29, 1.82) is 0 Å². The average Bonchev–Trinajstić information content (AvgIpc) is 3.40. The van der Waals surface area contributed by atoms with Crippen molar-refractivity contribution in [2.75, 3.05) is 56.0 Å². The molecule has 0 unspecified atom stereocenters. The summed E-state index contributed by atoms with van der Waals surface area (Å²) in [5, 5.41) is 3.88. The van der Waals surface area contributed by atoms with Crippen LogP contribution in [-0.4, -0.2) is 70.6 Å². The van der Waals surface area contributed by atoms with Crippen LogP contribution in [0.25, 0.3) is 10.2 Å². The standard InChI is InChI=1S/C28H30FN5O4S2.ClH/c1-19-7-12-24(38-2)25-26(19)39-28(31-25)34-17-15-33(16-18-34)14-13-30-27(35)22-5-3-4-6-23(22)32-40(36,37)21-10-8-20(29)9-11-21;/h3-12,32H,13-18H2,1-2H3,(H,30,35);1H. The van der Waals surface area contributed by atoms with Crippen LogP contribution >= 0.6 is 23.7 Å². The maximum Gasteiger partial charge on any atom is 0.261 e. The highest BCUT2D eigenvalue weighted by molar-refractivity contribution is 7.92. The van der Waals surface area contributed by atoms with E-state index in [2.05, 4.69) is 26.8 Å². The SMILES string of the molecule is COc1ccc(C)c2sc(N3CCN(CCNC(=O)c4ccccc4NS(=O)(=O)c4ccc(F)cc4)CC3)nc12.Cl. The summed E-state index contributed by atoms with van der Waals surface area (Å²) in [6, 6.07) is 14.9. The molecule has 0 atom stereocenters. The van der Waals surface area contributed by atoms with Gasteiger partial charge >= 0.3 is 0 Å². The quantitative estimate of drug-likeness (QED) is 0.284. The van der Waals surface area contributed by atoms with Crippen molar-refractivity contribution < 1.29 is 22.3 Å². The third-order valence-electron chi connectivity index (χ3n) is 6.81. The zero-order chi connectivity index (χ0) is 28.3. The first-order valence-corrected chi connectivity index (χ1v) is 15.1. The Kier molecular flexibility index (Phi) is 9.69. The Balaban J connectivity index is 0.00000387. The molecular weight excluding hydrogens is 589 g/mol. The van der Waals surface area contributed by atoms with Gasteiger partial charge in [-0.25, -0.2) is 17.8 Å². The first kappa shape index (κ1) is 30.5. The number of anilines is 2. The zero-order valence-electron chi connectivity index (χ0n) is 22.6. The molecule has 0 saturated carbocycles. The molecule has 4 aromatic rings. The van der Waals surface area contributed by atoms with Gasteiger partial charge in [0.25, 0.3) is 15.9 Å². The number of para-hydroxylation sites is 1. The minimum Gasteiger partial charge on any atom is -0.494 e. The third kappa shape index (κ3) is 6.89. The number of thiazole rings is 1. The smallest absolute Gasteiger partial charge is 0.261 e. The van der Waals surface area contributed by atoms with Crippen molar-refractivity contribution in [2.45, 2.75) is 11.8 Å². The number of methoxy groups -OCH3 is 1. The molecular formula is C28H31ClFN5O4S2. The van der Waals surface area contributed by atoms with E-state index in [1.165, 1.54) is 23.8 Å². The number of nitrogens with zero attached hydrogens (tertiary/aromatic N) is 3. The molecule has 218 valence electrons. The number of piperazine rings is 1. The molecule has 2 heterocycles. The van der Waals surface area contributed by atoms with Crippen LogP contribution in [0.1, 0.15) is 15.9 Å². The van der Waals surface area contributed by atoms with E-state index in [1.54, 1.807) is 36.6 Å². The molecule has 3 aromatic carbocycles. The van der Waals surface area contributed by atoms with Gasteiger partial charge in [0.1, 0.15) is 17.1 Å². The number of aryl methyl sites for hydroxylation is 1. The zero-order valence-corrected chi connectivity index (χ0v) is 25.0. The number of carbonyl (C=O) groups is 1. The van der Waals surface area contributed by atoms with Crippen LogP contribution in [0.15, 0.2) is 65.6 Å². The fraction of sp³-hybridized carbons (Fsp3) is 0.286. The fourth-order valence-corrected chi connectivity index (χ4v) is 6.75. The van der Waals surface area contributed by atoms with Gasteiger partial charge in [-0.2, -0.15) is 0 Å². The average molecular weight is 620 g/mol. The second-order valence-electron chi connectivity index (χ2n) is 9.45. The molecule has 9 nitrogen and oxygen atoms in total. The Hall–Kier alpha value is -3.45. The van der Waals surface area contributed by atoms with Gasteiger partial charge in [0.15, 0.2) is 5.13 Å². The molecule has 0 radical (unpaired) electrons. The van der Waals surface area contributed by atoms with Crippen molar-refractivity contribution >= 4 is 60.7 Å². The van der Waals surface area contributed by atoms with E-state index >= 15 is 0 Å². The topological polar surface area (TPSA) is 104 Å². The highest BCUT2D eigenvalue weighted by Crippen LogP contribution is 2.36. The number of benzene rings is 3. The minimum absolute atomic E-state index is 0. The summed E-state index contributed by atoms with van der Waals surface area (Å²) >= 11 is 1.68. The van der Waals surface area contributed by atoms with Gasteiger partial charge in [-0.05, 0) is 55.0 Å². The largest absolute Gasteiger partial charge is 0.494 e. The van der Waals surface area contributed by atoms with E-state index in [4.69, 9.17) is 9.72 Å². The lowest BCUT2D eigenvalue weighted by atomic mass is 10.1. The number of hydrogen-bond donors (Lipinski definition) is 2. The summed E-state index contributed by atoms with van der Waals surface area (Å²) < 4.78 is 47.8. The van der Waals surface area contributed by atoms with Crippen LogP contribution in [0, 0.1) is 12.7 Å². The number of halogens is 2. The molecule has 1 saturated heterocycles. The first-order valence-electron chi connectivity index (χ1n) is 12.8. The highest BCUT2D eigenvalue weighted by atomic mass is 35.5. The lowest BCUT2D eigenvalue weighted by Crippen LogP contribution is -2.48. The van der Waals surface area contributed by atoms with Crippen LogP contribution in [0.5, 0.6) is 5.75 Å². The number of amides is 1. The van der Waals surface area contributed by atoms with Gasteiger partial charge in [-0.15, -0.1) is 12.4 Å². The Morgan fingerprint density at radius 2 is 1.76 bits per heavy atom. The van der Waals surface area contributed by atoms with E-state index in [0.29, 0.717) is 13.1 Å². The van der Waals surface area contributed by atoms with Gasteiger partial charge in [-0.3, -0.25) is 14.4 Å². The van der Waals surface area contributed by atoms with Crippen molar-refractivity contribution in [1.82, 2.24) is 15.2 Å². The normalized spacial score (nSPS) is 14.0. The summed E-state index contributed by atoms with van der Waals surface area (Å²) in [6.07, 6.45) is 0. The van der Waals surface area contributed by atoms with Crippen molar-refractivity contribution in [3.63, 3.8) is 0 Å². The molecule has 0 bridgehead atoms. The molecule has 5 rings (SSSR count). The Labute approximate surface area is 248 Å². The summed E-state index contributed by atoms with van der Waals surface area (Å²) in [6.45, 7) is 6.46. The van der Waals surface area contributed by atoms with Gasteiger partial charge in [-0.1, -0.05) is 29.5 Å². The van der Waals surface area contributed by atoms with Gasteiger partial charge in [0, 0.05) is 39.3 Å². The van der Waals surface area contributed by atoms with E-state index in [1.807, 2.05) is 12.1 Å². The number of carbonyl (C=O) groups excluding carboxylic acids is 1. The molecule has 1 aliphatic heterocycles. The van der Waals surface area contributed by atoms with Crippen LogP contribution in [0.4, 0.5) is 15.2 Å². The molecule has 1 aromatic heterocycles.